The number of aromatic nitrogens is 2. The van der Waals surface area contributed by atoms with Crippen molar-refractivity contribution in [2.45, 2.75) is 32.7 Å². The Bertz CT molecular complexity index is 659. The summed E-state index contributed by atoms with van der Waals surface area (Å²) in [6.45, 7) is 7.57. The molecule has 6 heteroatoms. The largest absolute Gasteiger partial charge is 0.383 e. The van der Waals surface area contributed by atoms with Crippen LogP contribution in [0.2, 0.25) is 0 Å². The van der Waals surface area contributed by atoms with E-state index in [1.807, 2.05) is 24.3 Å². The summed E-state index contributed by atoms with van der Waals surface area (Å²) in [5.41, 5.74) is 2.50. The number of ether oxygens (including phenoxy) is 1. The summed E-state index contributed by atoms with van der Waals surface area (Å²) in [4.78, 5) is 12.2. The van der Waals surface area contributed by atoms with E-state index in [4.69, 9.17) is 4.74 Å². The third kappa shape index (κ3) is 4.82. The monoisotopic (exact) mass is 316 g/mol. The lowest BCUT2D eigenvalue weighted by Gasteiger charge is -2.22. The highest BCUT2D eigenvalue weighted by molar-refractivity contribution is 6.00. The third-order valence-corrected chi connectivity index (χ3v) is 3.40. The van der Waals surface area contributed by atoms with Gasteiger partial charge < -0.3 is 15.4 Å². The smallest absolute Gasteiger partial charge is 0.323 e. The number of carbonyl (C=O) groups is 1. The molecule has 2 N–H and O–H groups in total. The fraction of sp³-hybridized carbons (Fsp3) is 0.412. The van der Waals surface area contributed by atoms with Crippen LogP contribution < -0.4 is 10.6 Å². The predicted octanol–water partition coefficient (Wildman–Crippen LogP) is 3.47. The maximum Gasteiger partial charge on any atom is 0.323 e. The molecule has 0 bridgehead atoms. The second-order valence-corrected chi connectivity index (χ2v) is 6.36. The number of para-hydroxylation sites is 1. The molecule has 2 amide bonds. The lowest BCUT2D eigenvalue weighted by Crippen LogP contribution is -2.22. The van der Waals surface area contributed by atoms with Crippen molar-refractivity contribution >= 4 is 17.4 Å². The molecule has 0 atom stereocenters. The Hall–Kier alpha value is -2.34. The number of methoxy groups -OCH3 is 1. The van der Waals surface area contributed by atoms with Crippen LogP contribution >= 0.6 is 0 Å². The SMILES string of the molecule is COCCn1cc(NC(=O)Nc2ccccc2C(C)(C)C)cn1. The van der Waals surface area contributed by atoms with Gasteiger partial charge in [-0.1, -0.05) is 39.0 Å². The number of benzene rings is 1. The van der Waals surface area contributed by atoms with E-state index < -0.39 is 0 Å². The molecule has 0 saturated heterocycles. The first-order chi connectivity index (χ1) is 10.9. The summed E-state index contributed by atoms with van der Waals surface area (Å²) in [7, 11) is 1.64. The summed E-state index contributed by atoms with van der Waals surface area (Å²) in [6, 6.07) is 7.53. The molecule has 124 valence electrons. The number of hydrogen-bond acceptors (Lipinski definition) is 3. The molecular formula is C17H24N4O2. The van der Waals surface area contributed by atoms with Crippen LogP contribution in [0.4, 0.5) is 16.2 Å². The van der Waals surface area contributed by atoms with Crippen LogP contribution in [0.25, 0.3) is 0 Å². The average molecular weight is 316 g/mol. The molecule has 23 heavy (non-hydrogen) atoms. The van der Waals surface area contributed by atoms with Crippen LogP contribution in [-0.2, 0) is 16.7 Å². The first-order valence-electron chi connectivity index (χ1n) is 7.59. The minimum Gasteiger partial charge on any atom is -0.383 e. The molecule has 0 fully saturated rings. The van der Waals surface area contributed by atoms with Gasteiger partial charge in [0.05, 0.1) is 25.0 Å². The van der Waals surface area contributed by atoms with Crippen molar-refractivity contribution in [3.05, 3.63) is 42.2 Å². The molecule has 2 rings (SSSR count). The Kier molecular flexibility index (Phi) is 5.39. The van der Waals surface area contributed by atoms with Crippen LogP contribution in [0.5, 0.6) is 0 Å². The summed E-state index contributed by atoms with van der Waals surface area (Å²) in [6.07, 6.45) is 3.39. The molecule has 1 heterocycles. The van der Waals surface area contributed by atoms with Crippen molar-refractivity contribution in [2.24, 2.45) is 0 Å². The lowest BCUT2D eigenvalue weighted by atomic mass is 9.86. The predicted molar refractivity (Wildman–Crippen MR) is 91.9 cm³/mol. The van der Waals surface area contributed by atoms with E-state index in [1.54, 1.807) is 24.2 Å². The molecule has 0 spiro atoms. The van der Waals surface area contributed by atoms with Crippen molar-refractivity contribution in [1.29, 1.82) is 0 Å². The van der Waals surface area contributed by atoms with Crippen molar-refractivity contribution in [1.82, 2.24) is 9.78 Å². The molecule has 0 saturated carbocycles. The van der Waals surface area contributed by atoms with E-state index >= 15 is 0 Å². The van der Waals surface area contributed by atoms with Gasteiger partial charge in [0.25, 0.3) is 0 Å². The van der Waals surface area contributed by atoms with E-state index in [2.05, 4.69) is 36.5 Å². The number of amides is 2. The zero-order valence-electron chi connectivity index (χ0n) is 14.1. The lowest BCUT2D eigenvalue weighted by molar-refractivity contribution is 0.183. The molecule has 2 aromatic rings. The Balaban J connectivity index is 2.02. The number of hydrogen-bond donors (Lipinski definition) is 2. The fourth-order valence-corrected chi connectivity index (χ4v) is 2.27. The number of nitrogens with one attached hydrogen (secondary N) is 2. The van der Waals surface area contributed by atoms with E-state index in [0.29, 0.717) is 18.8 Å². The Labute approximate surface area is 136 Å². The van der Waals surface area contributed by atoms with Crippen LogP contribution in [0.15, 0.2) is 36.7 Å². The number of nitrogens with zero attached hydrogens (tertiary/aromatic N) is 2. The number of rotatable bonds is 5. The molecule has 1 aromatic heterocycles. The molecule has 6 nitrogen and oxygen atoms in total. The first-order valence-corrected chi connectivity index (χ1v) is 7.59. The minimum atomic E-state index is -0.284. The number of urea groups is 1. The standard InChI is InChI=1S/C17H24N4O2/c1-17(2,3)14-7-5-6-8-15(14)20-16(22)19-13-11-18-21(12-13)9-10-23-4/h5-8,11-12H,9-10H2,1-4H3,(H2,19,20,22). The highest BCUT2D eigenvalue weighted by Crippen LogP contribution is 2.29. The number of anilines is 2. The van der Waals surface area contributed by atoms with E-state index in [9.17, 15) is 4.79 Å². The van der Waals surface area contributed by atoms with Crippen LogP contribution in [0.3, 0.4) is 0 Å². The molecule has 0 aliphatic carbocycles. The van der Waals surface area contributed by atoms with Gasteiger partial charge in [-0.05, 0) is 17.0 Å². The van der Waals surface area contributed by atoms with Gasteiger partial charge in [0.1, 0.15) is 0 Å². The summed E-state index contributed by atoms with van der Waals surface area (Å²) >= 11 is 0. The van der Waals surface area contributed by atoms with Crippen molar-refractivity contribution in [3.8, 4) is 0 Å². The third-order valence-electron chi connectivity index (χ3n) is 3.40. The first kappa shape index (κ1) is 17.0. The van der Waals surface area contributed by atoms with Gasteiger partial charge in [-0.15, -0.1) is 0 Å². The van der Waals surface area contributed by atoms with Gasteiger partial charge >= 0.3 is 6.03 Å². The van der Waals surface area contributed by atoms with Gasteiger partial charge in [0.15, 0.2) is 0 Å². The van der Waals surface area contributed by atoms with Crippen molar-refractivity contribution in [3.63, 3.8) is 0 Å². The molecular weight excluding hydrogens is 292 g/mol. The van der Waals surface area contributed by atoms with Gasteiger partial charge in [-0.2, -0.15) is 5.10 Å². The van der Waals surface area contributed by atoms with Crippen LogP contribution in [-0.4, -0.2) is 29.5 Å². The second kappa shape index (κ2) is 7.28. The summed E-state index contributed by atoms with van der Waals surface area (Å²) < 4.78 is 6.72. The highest BCUT2D eigenvalue weighted by atomic mass is 16.5. The fourth-order valence-electron chi connectivity index (χ4n) is 2.27. The zero-order valence-corrected chi connectivity index (χ0v) is 14.1. The number of carbonyl (C=O) groups excluding carboxylic acids is 1. The van der Waals surface area contributed by atoms with E-state index in [0.717, 1.165) is 11.3 Å². The van der Waals surface area contributed by atoms with Gasteiger partial charge in [0.2, 0.25) is 0 Å². The van der Waals surface area contributed by atoms with Gasteiger partial charge in [-0.25, -0.2) is 4.79 Å². The maximum absolute atomic E-state index is 12.2. The maximum atomic E-state index is 12.2. The summed E-state index contributed by atoms with van der Waals surface area (Å²) in [5, 5.41) is 9.86. The topological polar surface area (TPSA) is 68.2 Å². The van der Waals surface area contributed by atoms with E-state index in [-0.39, 0.29) is 11.4 Å². The molecule has 0 unspecified atom stereocenters. The summed E-state index contributed by atoms with van der Waals surface area (Å²) in [5.74, 6) is 0. The van der Waals surface area contributed by atoms with Crippen molar-refractivity contribution < 1.29 is 9.53 Å². The van der Waals surface area contributed by atoms with Gasteiger partial charge in [0, 0.05) is 19.0 Å². The zero-order chi connectivity index (χ0) is 16.9. The Morgan fingerprint density at radius 3 is 2.70 bits per heavy atom. The Morgan fingerprint density at radius 2 is 2.00 bits per heavy atom. The average Bonchev–Trinajstić information content (AvgIpc) is 2.91. The second-order valence-electron chi connectivity index (χ2n) is 6.36. The Morgan fingerprint density at radius 1 is 1.26 bits per heavy atom. The van der Waals surface area contributed by atoms with E-state index in [1.165, 1.54) is 0 Å². The molecule has 0 aliphatic rings. The van der Waals surface area contributed by atoms with Crippen LogP contribution in [0, 0.1) is 0 Å². The highest BCUT2D eigenvalue weighted by Gasteiger charge is 2.18. The molecule has 0 aliphatic heterocycles. The quantitative estimate of drug-likeness (QED) is 0.887. The normalized spacial score (nSPS) is 11.3. The van der Waals surface area contributed by atoms with Crippen LogP contribution in [0.1, 0.15) is 26.3 Å². The van der Waals surface area contributed by atoms with Crippen molar-refractivity contribution in [2.75, 3.05) is 24.4 Å². The minimum absolute atomic E-state index is 0.0467. The molecule has 0 radical (unpaired) electrons. The van der Waals surface area contributed by atoms with Gasteiger partial charge in [-0.3, -0.25) is 4.68 Å². The molecule has 1 aromatic carbocycles.